The fraction of sp³-hybridized carbons (Fsp3) is 0.529. The van der Waals surface area contributed by atoms with E-state index in [0.717, 1.165) is 6.54 Å². The number of nitrogens with zero attached hydrogens (tertiary/aromatic N) is 2. The van der Waals surface area contributed by atoms with E-state index >= 15 is 0 Å². The Labute approximate surface area is 126 Å². The van der Waals surface area contributed by atoms with Crippen LogP contribution in [-0.2, 0) is 4.79 Å². The minimum Gasteiger partial charge on any atom is -0.325 e. The topological polar surface area (TPSA) is 56.1 Å². The summed E-state index contributed by atoms with van der Waals surface area (Å²) in [6, 6.07) is 9.66. The zero-order valence-corrected chi connectivity index (χ0v) is 12.6. The van der Waals surface area contributed by atoms with Gasteiger partial charge in [0, 0.05) is 11.7 Å². The summed E-state index contributed by atoms with van der Waals surface area (Å²) in [5.74, 6) is -0.00230. The van der Waals surface area contributed by atoms with Crippen molar-refractivity contribution in [2.45, 2.75) is 45.1 Å². The first-order chi connectivity index (χ1) is 10.2. The second-order valence-corrected chi connectivity index (χ2v) is 5.60. The van der Waals surface area contributed by atoms with E-state index in [1.807, 2.05) is 6.07 Å². The van der Waals surface area contributed by atoms with Crippen LogP contribution in [0.15, 0.2) is 24.3 Å². The first-order valence-corrected chi connectivity index (χ1v) is 7.77. The van der Waals surface area contributed by atoms with Crippen molar-refractivity contribution < 1.29 is 4.79 Å². The number of benzene rings is 1. The number of hydrogen-bond acceptors (Lipinski definition) is 3. The molecule has 4 nitrogen and oxygen atoms in total. The van der Waals surface area contributed by atoms with Gasteiger partial charge >= 0.3 is 0 Å². The maximum atomic E-state index is 12.2. The lowest BCUT2D eigenvalue weighted by atomic mass is 9.94. The highest BCUT2D eigenvalue weighted by Gasteiger charge is 2.21. The summed E-state index contributed by atoms with van der Waals surface area (Å²) in [5, 5.41) is 11.8. The SMILES string of the molecule is CCN(CC(=O)Nc1cccc(C#N)c1)C1CCCCC1. The average Bonchev–Trinajstić information content (AvgIpc) is 2.53. The fourth-order valence-corrected chi connectivity index (χ4v) is 3.00. The van der Waals surface area contributed by atoms with Crippen LogP contribution < -0.4 is 5.32 Å². The summed E-state index contributed by atoms with van der Waals surface area (Å²) in [7, 11) is 0. The molecule has 1 aliphatic rings. The Kier molecular flexibility index (Phi) is 5.77. The molecular weight excluding hydrogens is 262 g/mol. The van der Waals surface area contributed by atoms with Crippen molar-refractivity contribution in [1.29, 1.82) is 5.26 Å². The fourth-order valence-electron chi connectivity index (χ4n) is 3.00. The number of anilines is 1. The molecule has 112 valence electrons. The van der Waals surface area contributed by atoms with Gasteiger partial charge < -0.3 is 5.32 Å². The number of hydrogen-bond donors (Lipinski definition) is 1. The van der Waals surface area contributed by atoms with E-state index in [2.05, 4.69) is 23.2 Å². The summed E-state index contributed by atoms with van der Waals surface area (Å²) in [5.41, 5.74) is 1.26. The number of carbonyl (C=O) groups excluding carboxylic acids is 1. The molecule has 0 saturated heterocycles. The Bertz CT molecular complexity index is 515. The predicted octanol–water partition coefficient (Wildman–Crippen LogP) is 3.15. The molecule has 0 spiro atoms. The molecule has 0 atom stereocenters. The maximum absolute atomic E-state index is 12.2. The van der Waals surface area contributed by atoms with Gasteiger partial charge in [0.2, 0.25) is 5.91 Å². The Morgan fingerprint density at radius 1 is 1.38 bits per heavy atom. The third-order valence-corrected chi connectivity index (χ3v) is 4.12. The van der Waals surface area contributed by atoms with Crippen LogP contribution >= 0.6 is 0 Å². The monoisotopic (exact) mass is 285 g/mol. The second kappa shape index (κ2) is 7.80. The maximum Gasteiger partial charge on any atom is 0.238 e. The van der Waals surface area contributed by atoms with Gasteiger partial charge in [0.15, 0.2) is 0 Å². The van der Waals surface area contributed by atoms with Gasteiger partial charge in [-0.1, -0.05) is 32.3 Å². The number of likely N-dealkylation sites (N-methyl/N-ethyl adjacent to an activating group) is 1. The molecule has 2 rings (SSSR count). The van der Waals surface area contributed by atoms with Crippen LogP contribution in [0.1, 0.15) is 44.6 Å². The lowest BCUT2D eigenvalue weighted by Crippen LogP contribution is -2.41. The smallest absolute Gasteiger partial charge is 0.238 e. The van der Waals surface area contributed by atoms with Crippen LogP contribution in [0.25, 0.3) is 0 Å². The van der Waals surface area contributed by atoms with Crippen LogP contribution in [0.4, 0.5) is 5.69 Å². The Morgan fingerprint density at radius 2 is 2.14 bits per heavy atom. The zero-order chi connectivity index (χ0) is 15.1. The highest BCUT2D eigenvalue weighted by Crippen LogP contribution is 2.22. The largest absolute Gasteiger partial charge is 0.325 e. The summed E-state index contributed by atoms with van der Waals surface area (Å²) in [6.45, 7) is 3.44. The summed E-state index contributed by atoms with van der Waals surface area (Å²) in [4.78, 5) is 14.5. The van der Waals surface area contributed by atoms with Gasteiger partial charge in [-0.2, -0.15) is 5.26 Å². The van der Waals surface area contributed by atoms with E-state index in [1.165, 1.54) is 32.1 Å². The molecule has 0 unspecified atom stereocenters. The molecule has 0 bridgehead atoms. The highest BCUT2D eigenvalue weighted by molar-refractivity contribution is 5.92. The molecule has 1 aromatic rings. The second-order valence-electron chi connectivity index (χ2n) is 5.60. The minimum absolute atomic E-state index is 0.00230. The van der Waals surface area contributed by atoms with Gasteiger partial charge in [-0.15, -0.1) is 0 Å². The summed E-state index contributed by atoms with van der Waals surface area (Å²) in [6.07, 6.45) is 6.26. The standard InChI is InChI=1S/C17H23N3O/c1-2-20(16-9-4-3-5-10-16)13-17(21)19-15-8-6-7-14(11-15)12-18/h6-8,11,16H,2-5,9-10,13H2,1H3,(H,19,21). The van der Waals surface area contributed by atoms with Gasteiger partial charge in [0.05, 0.1) is 18.2 Å². The van der Waals surface area contributed by atoms with E-state index in [-0.39, 0.29) is 5.91 Å². The van der Waals surface area contributed by atoms with Crippen LogP contribution in [0.5, 0.6) is 0 Å². The van der Waals surface area contributed by atoms with Crippen molar-refractivity contribution >= 4 is 11.6 Å². The molecule has 1 amide bonds. The molecule has 1 aromatic carbocycles. The third-order valence-electron chi connectivity index (χ3n) is 4.12. The minimum atomic E-state index is -0.00230. The number of carbonyl (C=O) groups is 1. The van der Waals surface area contributed by atoms with E-state index in [0.29, 0.717) is 23.8 Å². The molecule has 0 aromatic heterocycles. The first-order valence-electron chi connectivity index (χ1n) is 7.77. The van der Waals surface area contributed by atoms with Crippen molar-refractivity contribution in [3.63, 3.8) is 0 Å². The van der Waals surface area contributed by atoms with E-state index in [9.17, 15) is 4.79 Å². The highest BCUT2D eigenvalue weighted by atomic mass is 16.2. The number of nitrogens with one attached hydrogen (secondary N) is 1. The normalized spacial score (nSPS) is 15.7. The zero-order valence-electron chi connectivity index (χ0n) is 12.6. The van der Waals surface area contributed by atoms with Crippen LogP contribution in [0.2, 0.25) is 0 Å². The van der Waals surface area contributed by atoms with Gasteiger partial charge in [-0.3, -0.25) is 9.69 Å². The average molecular weight is 285 g/mol. The molecule has 4 heteroatoms. The molecule has 0 aliphatic heterocycles. The summed E-state index contributed by atoms with van der Waals surface area (Å²) < 4.78 is 0. The van der Waals surface area contributed by atoms with Crippen molar-refractivity contribution in [2.75, 3.05) is 18.4 Å². The summed E-state index contributed by atoms with van der Waals surface area (Å²) >= 11 is 0. The Morgan fingerprint density at radius 3 is 2.81 bits per heavy atom. The molecule has 1 fully saturated rings. The van der Waals surface area contributed by atoms with Gasteiger partial charge in [-0.25, -0.2) is 0 Å². The number of amides is 1. The molecule has 0 heterocycles. The van der Waals surface area contributed by atoms with Gasteiger partial charge in [0.1, 0.15) is 0 Å². The molecule has 1 N–H and O–H groups in total. The molecule has 0 radical (unpaired) electrons. The van der Waals surface area contributed by atoms with Crippen LogP contribution in [-0.4, -0.2) is 29.9 Å². The van der Waals surface area contributed by atoms with Crippen LogP contribution in [0, 0.1) is 11.3 Å². The van der Waals surface area contributed by atoms with E-state index in [1.54, 1.807) is 18.2 Å². The number of nitriles is 1. The van der Waals surface area contributed by atoms with Crippen molar-refractivity contribution in [3.05, 3.63) is 29.8 Å². The van der Waals surface area contributed by atoms with Crippen molar-refractivity contribution in [2.24, 2.45) is 0 Å². The first kappa shape index (κ1) is 15.5. The molecule has 21 heavy (non-hydrogen) atoms. The molecular formula is C17H23N3O. The lowest BCUT2D eigenvalue weighted by Gasteiger charge is -2.32. The third kappa shape index (κ3) is 4.57. The van der Waals surface area contributed by atoms with E-state index < -0.39 is 0 Å². The predicted molar refractivity (Wildman–Crippen MR) is 83.9 cm³/mol. The van der Waals surface area contributed by atoms with Gasteiger partial charge in [0.25, 0.3) is 0 Å². The Hall–Kier alpha value is -1.86. The number of rotatable bonds is 5. The molecule has 1 aliphatic carbocycles. The lowest BCUT2D eigenvalue weighted by molar-refractivity contribution is -0.118. The van der Waals surface area contributed by atoms with Crippen molar-refractivity contribution in [3.8, 4) is 6.07 Å². The van der Waals surface area contributed by atoms with E-state index in [4.69, 9.17) is 5.26 Å². The quantitative estimate of drug-likeness (QED) is 0.904. The van der Waals surface area contributed by atoms with Gasteiger partial charge in [-0.05, 0) is 37.6 Å². The Balaban J connectivity index is 1.91. The van der Waals surface area contributed by atoms with Crippen LogP contribution in [0.3, 0.4) is 0 Å². The van der Waals surface area contributed by atoms with Crippen molar-refractivity contribution in [1.82, 2.24) is 4.90 Å². The molecule has 1 saturated carbocycles.